The van der Waals surface area contributed by atoms with Crippen LogP contribution in [0.2, 0.25) is 5.02 Å². The monoisotopic (exact) mass is 368 g/mol. The van der Waals surface area contributed by atoms with Crippen molar-refractivity contribution in [3.05, 3.63) is 51.4 Å². The summed E-state index contributed by atoms with van der Waals surface area (Å²) >= 11 is 5.93. The van der Waals surface area contributed by atoms with Crippen molar-refractivity contribution >= 4 is 22.5 Å². The number of aromatic amines is 1. The zero-order valence-corrected chi connectivity index (χ0v) is 13.0. The Balaban J connectivity index is 1.89. The van der Waals surface area contributed by atoms with E-state index in [1.54, 1.807) is 6.07 Å². The number of pyridine rings is 2. The van der Waals surface area contributed by atoms with Gasteiger partial charge in [-0.25, -0.2) is 0 Å². The van der Waals surface area contributed by atoms with Gasteiger partial charge in [-0.15, -0.1) is 0 Å². The number of aromatic nitrogens is 2. The molecule has 0 amide bonds. The molecule has 0 unspecified atom stereocenters. The maximum atomic E-state index is 12.7. The molecule has 3 heterocycles. The molecule has 4 rings (SSSR count). The highest BCUT2D eigenvalue weighted by Crippen LogP contribution is 2.36. The summed E-state index contributed by atoms with van der Waals surface area (Å²) in [6, 6.07) is 3.87. The predicted octanol–water partition coefficient (Wildman–Crippen LogP) is 3.99. The fourth-order valence-electron chi connectivity index (χ4n) is 2.58. The van der Waals surface area contributed by atoms with Crippen LogP contribution >= 0.6 is 11.6 Å². The van der Waals surface area contributed by atoms with Gasteiger partial charge in [0.2, 0.25) is 6.79 Å². The molecule has 0 bridgehead atoms. The summed E-state index contributed by atoms with van der Waals surface area (Å²) in [5.74, 6) is 0.920. The standard InChI is InChI=1S/C16H8ClF3N2O3/c17-10-1-7(16(18,19)20)4-22-14(10)9-5-21-11-3-13-12(24-6-25-13)2-8(11)15(9)23/h1-5H,6H2,(H,21,23). The van der Waals surface area contributed by atoms with Gasteiger partial charge in [0.1, 0.15) is 0 Å². The van der Waals surface area contributed by atoms with Gasteiger partial charge in [-0.05, 0) is 12.1 Å². The Kier molecular flexibility index (Phi) is 3.40. The Hall–Kier alpha value is -2.74. The Morgan fingerprint density at radius 3 is 2.56 bits per heavy atom. The van der Waals surface area contributed by atoms with E-state index in [0.29, 0.717) is 28.6 Å². The second-order valence-corrected chi connectivity index (χ2v) is 5.74. The highest BCUT2D eigenvalue weighted by Gasteiger charge is 2.32. The zero-order chi connectivity index (χ0) is 17.8. The first kappa shape index (κ1) is 15.8. The number of halogens is 4. The first-order valence-corrected chi connectivity index (χ1v) is 7.40. The number of fused-ring (bicyclic) bond motifs is 2. The molecule has 1 aromatic carbocycles. The van der Waals surface area contributed by atoms with Gasteiger partial charge in [-0.3, -0.25) is 9.78 Å². The molecule has 1 aliphatic rings. The fraction of sp³-hybridized carbons (Fsp3) is 0.125. The van der Waals surface area contributed by atoms with E-state index >= 15 is 0 Å². The van der Waals surface area contributed by atoms with Crippen molar-refractivity contribution in [2.45, 2.75) is 6.18 Å². The Morgan fingerprint density at radius 1 is 1.16 bits per heavy atom. The van der Waals surface area contributed by atoms with Crippen LogP contribution in [0.4, 0.5) is 13.2 Å². The predicted molar refractivity (Wildman–Crippen MR) is 83.9 cm³/mol. The van der Waals surface area contributed by atoms with E-state index < -0.39 is 17.2 Å². The average Bonchev–Trinajstić information content (AvgIpc) is 3.01. The molecule has 9 heteroatoms. The van der Waals surface area contributed by atoms with Crippen LogP contribution < -0.4 is 14.9 Å². The molecule has 0 radical (unpaired) electrons. The topological polar surface area (TPSA) is 64.2 Å². The number of H-pyrrole nitrogens is 1. The number of rotatable bonds is 1. The van der Waals surface area contributed by atoms with E-state index in [0.717, 1.165) is 6.07 Å². The van der Waals surface area contributed by atoms with E-state index in [1.807, 2.05) is 0 Å². The lowest BCUT2D eigenvalue weighted by atomic mass is 10.1. The van der Waals surface area contributed by atoms with Crippen molar-refractivity contribution in [2.24, 2.45) is 0 Å². The molecule has 1 aliphatic heterocycles. The minimum absolute atomic E-state index is 0.0320. The highest BCUT2D eigenvalue weighted by molar-refractivity contribution is 6.33. The van der Waals surface area contributed by atoms with Gasteiger partial charge in [0.25, 0.3) is 0 Å². The van der Waals surface area contributed by atoms with Crippen LogP contribution in [-0.4, -0.2) is 16.8 Å². The summed E-state index contributed by atoms with van der Waals surface area (Å²) in [5, 5.41) is 0.0277. The highest BCUT2D eigenvalue weighted by atomic mass is 35.5. The van der Waals surface area contributed by atoms with E-state index in [1.165, 1.54) is 12.3 Å². The van der Waals surface area contributed by atoms with Gasteiger partial charge in [0, 0.05) is 18.5 Å². The third-order valence-electron chi connectivity index (χ3n) is 3.80. The molecule has 0 atom stereocenters. The third kappa shape index (κ3) is 2.58. The summed E-state index contributed by atoms with van der Waals surface area (Å²) < 4.78 is 48.7. The van der Waals surface area contributed by atoms with Crippen LogP contribution in [-0.2, 0) is 6.18 Å². The van der Waals surface area contributed by atoms with Crippen LogP contribution in [0, 0.1) is 0 Å². The minimum Gasteiger partial charge on any atom is -0.454 e. The second-order valence-electron chi connectivity index (χ2n) is 5.33. The smallest absolute Gasteiger partial charge is 0.417 e. The lowest BCUT2D eigenvalue weighted by Gasteiger charge is -2.09. The molecule has 0 saturated heterocycles. The number of nitrogens with zero attached hydrogens (tertiary/aromatic N) is 1. The van der Waals surface area contributed by atoms with Crippen LogP contribution in [0.15, 0.2) is 35.4 Å². The summed E-state index contributed by atoms with van der Waals surface area (Å²) in [6.07, 6.45) is -2.57. The molecule has 5 nitrogen and oxygen atoms in total. The van der Waals surface area contributed by atoms with Crippen LogP contribution in [0.3, 0.4) is 0 Å². The lowest BCUT2D eigenvalue weighted by molar-refractivity contribution is -0.137. The number of hydrogen-bond acceptors (Lipinski definition) is 4. The molecule has 128 valence electrons. The largest absolute Gasteiger partial charge is 0.454 e. The van der Waals surface area contributed by atoms with Crippen molar-refractivity contribution < 1.29 is 22.6 Å². The number of alkyl halides is 3. The van der Waals surface area contributed by atoms with Crippen molar-refractivity contribution in [3.63, 3.8) is 0 Å². The van der Waals surface area contributed by atoms with Crippen molar-refractivity contribution in [1.82, 2.24) is 9.97 Å². The van der Waals surface area contributed by atoms with E-state index in [9.17, 15) is 18.0 Å². The molecule has 25 heavy (non-hydrogen) atoms. The first-order valence-electron chi connectivity index (χ1n) is 7.03. The molecular formula is C16H8ClF3N2O3. The molecule has 0 saturated carbocycles. The van der Waals surface area contributed by atoms with E-state index in [-0.39, 0.29) is 23.1 Å². The van der Waals surface area contributed by atoms with Gasteiger partial charge in [-0.1, -0.05) is 11.6 Å². The Labute approximate surface area is 143 Å². The Bertz CT molecular complexity index is 1060. The molecular weight excluding hydrogens is 361 g/mol. The van der Waals surface area contributed by atoms with Crippen LogP contribution in [0.1, 0.15) is 5.56 Å². The van der Waals surface area contributed by atoms with E-state index in [2.05, 4.69) is 9.97 Å². The van der Waals surface area contributed by atoms with Gasteiger partial charge in [0.05, 0.1) is 32.7 Å². The van der Waals surface area contributed by atoms with Gasteiger partial charge < -0.3 is 14.5 Å². The molecule has 1 N–H and O–H groups in total. The normalized spacial score (nSPS) is 13.4. The quantitative estimate of drug-likeness (QED) is 0.705. The second kappa shape index (κ2) is 5.38. The van der Waals surface area contributed by atoms with Crippen LogP contribution in [0.5, 0.6) is 11.5 Å². The summed E-state index contributed by atoms with van der Waals surface area (Å²) in [7, 11) is 0. The van der Waals surface area contributed by atoms with Crippen molar-refractivity contribution in [2.75, 3.05) is 6.79 Å². The number of benzene rings is 1. The van der Waals surface area contributed by atoms with Crippen molar-refractivity contribution in [1.29, 1.82) is 0 Å². The number of hydrogen-bond donors (Lipinski definition) is 1. The van der Waals surface area contributed by atoms with Crippen molar-refractivity contribution in [3.8, 4) is 22.8 Å². The summed E-state index contributed by atoms with van der Waals surface area (Å²) in [4.78, 5) is 19.4. The maximum absolute atomic E-state index is 12.7. The SMILES string of the molecule is O=c1c(-c2ncc(C(F)(F)F)cc2Cl)c[nH]c2cc3c(cc12)OCO3. The molecule has 2 aromatic heterocycles. The van der Waals surface area contributed by atoms with Crippen LogP contribution in [0.25, 0.3) is 22.2 Å². The lowest BCUT2D eigenvalue weighted by Crippen LogP contribution is -2.10. The van der Waals surface area contributed by atoms with E-state index in [4.69, 9.17) is 21.1 Å². The maximum Gasteiger partial charge on any atom is 0.417 e. The third-order valence-corrected chi connectivity index (χ3v) is 4.09. The summed E-state index contributed by atoms with van der Waals surface area (Å²) in [6.45, 7) is 0.0546. The van der Waals surface area contributed by atoms with Gasteiger partial charge in [0.15, 0.2) is 16.9 Å². The van der Waals surface area contributed by atoms with Gasteiger partial charge in [-0.2, -0.15) is 13.2 Å². The molecule has 0 aliphatic carbocycles. The van der Waals surface area contributed by atoms with Gasteiger partial charge >= 0.3 is 6.18 Å². The number of ether oxygens (including phenoxy) is 2. The molecule has 0 fully saturated rings. The Morgan fingerprint density at radius 2 is 1.88 bits per heavy atom. The summed E-state index contributed by atoms with van der Waals surface area (Å²) in [5.41, 5.74) is -0.885. The average molecular weight is 369 g/mol. The molecule has 0 spiro atoms. The zero-order valence-electron chi connectivity index (χ0n) is 12.3. The fourth-order valence-corrected chi connectivity index (χ4v) is 2.84. The first-order chi connectivity index (χ1) is 11.8. The number of nitrogens with one attached hydrogen (secondary N) is 1. The minimum atomic E-state index is -4.57. The molecule has 3 aromatic rings.